The largest absolute Gasteiger partial charge is 0.497 e. The summed E-state index contributed by atoms with van der Waals surface area (Å²) in [4.78, 5) is 13.4. The van der Waals surface area contributed by atoms with Crippen molar-refractivity contribution in [1.82, 2.24) is 5.32 Å². The Kier molecular flexibility index (Phi) is 6.37. The van der Waals surface area contributed by atoms with E-state index in [0.29, 0.717) is 5.02 Å². The van der Waals surface area contributed by atoms with Crippen LogP contribution in [0.3, 0.4) is 0 Å². The van der Waals surface area contributed by atoms with Gasteiger partial charge in [-0.3, -0.25) is 4.79 Å². The first-order valence-electron chi connectivity index (χ1n) is 7.36. The summed E-state index contributed by atoms with van der Waals surface area (Å²) in [6.07, 6.45) is 0. The van der Waals surface area contributed by atoms with Gasteiger partial charge in [0.05, 0.1) is 18.4 Å². The lowest BCUT2D eigenvalue weighted by Crippen LogP contribution is -2.33. The molecule has 2 aromatic rings. The molecule has 0 radical (unpaired) electrons. The van der Waals surface area contributed by atoms with Crippen molar-refractivity contribution in [3.8, 4) is 5.75 Å². The fourth-order valence-corrected chi connectivity index (χ4v) is 3.08. The monoisotopic (exact) mass is 349 g/mol. The molecule has 0 aliphatic rings. The molecule has 0 saturated carbocycles. The molecule has 1 N–H and O–H groups in total. The van der Waals surface area contributed by atoms with E-state index < -0.39 is 0 Å². The van der Waals surface area contributed by atoms with Gasteiger partial charge in [0.2, 0.25) is 5.91 Å². The molecule has 5 heteroatoms. The van der Waals surface area contributed by atoms with E-state index in [1.165, 1.54) is 11.8 Å². The van der Waals surface area contributed by atoms with Crippen LogP contribution >= 0.6 is 23.4 Å². The van der Waals surface area contributed by atoms with Crippen LogP contribution in [0.2, 0.25) is 5.02 Å². The number of carbonyl (C=O) groups is 1. The molecule has 1 amide bonds. The van der Waals surface area contributed by atoms with Gasteiger partial charge in [-0.15, -0.1) is 11.8 Å². The minimum atomic E-state index is -0.183. The lowest BCUT2D eigenvalue weighted by molar-refractivity contribution is -0.120. The highest BCUT2D eigenvalue weighted by atomic mass is 35.5. The number of carbonyl (C=O) groups excluding carboxylic acids is 1. The third kappa shape index (κ3) is 5.19. The zero-order chi connectivity index (χ0) is 16.8. The van der Waals surface area contributed by atoms with Crippen molar-refractivity contribution in [2.24, 2.45) is 0 Å². The van der Waals surface area contributed by atoms with E-state index in [0.717, 1.165) is 16.2 Å². The summed E-state index contributed by atoms with van der Waals surface area (Å²) in [6.45, 7) is 3.87. The summed E-state index contributed by atoms with van der Waals surface area (Å²) in [7, 11) is 1.63. The SMILES string of the molecule is COc1ccc([C@@H](C)NC(=O)[C@@H](C)Sc2ccc(Cl)cc2)cc1. The molecule has 2 rings (SSSR count). The second-order valence-electron chi connectivity index (χ2n) is 5.22. The van der Waals surface area contributed by atoms with E-state index in [9.17, 15) is 4.79 Å². The summed E-state index contributed by atoms with van der Waals surface area (Å²) < 4.78 is 5.14. The highest BCUT2D eigenvalue weighted by Gasteiger charge is 2.17. The lowest BCUT2D eigenvalue weighted by Gasteiger charge is -2.18. The van der Waals surface area contributed by atoms with Crippen LogP contribution < -0.4 is 10.1 Å². The van der Waals surface area contributed by atoms with Crippen molar-refractivity contribution in [1.29, 1.82) is 0 Å². The Labute approximate surface area is 146 Å². The van der Waals surface area contributed by atoms with Gasteiger partial charge in [-0.2, -0.15) is 0 Å². The molecular weight excluding hydrogens is 330 g/mol. The van der Waals surface area contributed by atoms with Gasteiger partial charge in [0.25, 0.3) is 0 Å². The Morgan fingerprint density at radius 2 is 1.70 bits per heavy atom. The topological polar surface area (TPSA) is 38.3 Å². The van der Waals surface area contributed by atoms with Gasteiger partial charge in [-0.25, -0.2) is 0 Å². The van der Waals surface area contributed by atoms with Crippen LogP contribution in [-0.4, -0.2) is 18.3 Å². The zero-order valence-electron chi connectivity index (χ0n) is 13.4. The molecule has 23 heavy (non-hydrogen) atoms. The number of ether oxygens (including phenoxy) is 1. The minimum absolute atomic E-state index is 0.00766. The maximum absolute atomic E-state index is 12.3. The number of hydrogen-bond acceptors (Lipinski definition) is 3. The van der Waals surface area contributed by atoms with E-state index in [-0.39, 0.29) is 17.2 Å². The molecular formula is C18H20ClNO2S. The van der Waals surface area contributed by atoms with E-state index in [1.54, 1.807) is 7.11 Å². The third-order valence-electron chi connectivity index (χ3n) is 3.47. The second kappa shape index (κ2) is 8.27. The third-order valence-corrected chi connectivity index (χ3v) is 4.83. The molecule has 0 spiro atoms. The zero-order valence-corrected chi connectivity index (χ0v) is 14.9. The van der Waals surface area contributed by atoms with Gasteiger partial charge in [0.15, 0.2) is 0 Å². The van der Waals surface area contributed by atoms with Gasteiger partial charge < -0.3 is 10.1 Å². The number of thioether (sulfide) groups is 1. The standard InChI is InChI=1S/C18H20ClNO2S/c1-12(14-4-8-16(22-3)9-5-14)20-18(21)13(2)23-17-10-6-15(19)7-11-17/h4-13H,1-3H3,(H,20,21)/t12-,13-/m1/s1. The first kappa shape index (κ1) is 17.7. The number of nitrogens with one attached hydrogen (secondary N) is 1. The summed E-state index contributed by atoms with van der Waals surface area (Å²) in [5.74, 6) is 0.812. The van der Waals surface area contributed by atoms with Crippen LogP contribution in [-0.2, 0) is 4.79 Å². The average molecular weight is 350 g/mol. The second-order valence-corrected chi connectivity index (χ2v) is 7.07. The summed E-state index contributed by atoms with van der Waals surface area (Å²) in [6, 6.07) is 15.1. The molecule has 3 nitrogen and oxygen atoms in total. The highest BCUT2D eigenvalue weighted by molar-refractivity contribution is 8.00. The van der Waals surface area contributed by atoms with Crippen molar-refractivity contribution < 1.29 is 9.53 Å². The molecule has 0 aliphatic carbocycles. The smallest absolute Gasteiger partial charge is 0.233 e. The number of hydrogen-bond donors (Lipinski definition) is 1. The molecule has 0 saturated heterocycles. The van der Waals surface area contributed by atoms with Gasteiger partial charge in [-0.1, -0.05) is 23.7 Å². The molecule has 0 fully saturated rings. The van der Waals surface area contributed by atoms with Crippen LogP contribution in [0.15, 0.2) is 53.4 Å². The van der Waals surface area contributed by atoms with Crippen molar-refractivity contribution in [2.75, 3.05) is 7.11 Å². The van der Waals surface area contributed by atoms with Gasteiger partial charge >= 0.3 is 0 Å². The molecule has 0 bridgehead atoms. The molecule has 0 aromatic heterocycles. The van der Waals surface area contributed by atoms with Crippen molar-refractivity contribution in [2.45, 2.75) is 30.0 Å². The number of rotatable bonds is 6. The summed E-state index contributed by atoms with van der Waals surface area (Å²) in [5, 5.41) is 3.55. The van der Waals surface area contributed by atoms with Crippen LogP contribution in [0.1, 0.15) is 25.5 Å². The fraction of sp³-hybridized carbons (Fsp3) is 0.278. The van der Waals surface area contributed by atoms with E-state index in [1.807, 2.05) is 62.4 Å². The first-order valence-corrected chi connectivity index (χ1v) is 8.62. The Morgan fingerprint density at radius 3 is 2.26 bits per heavy atom. The lowest BCUT2D eigenvalue weighted by atomic mass is 10.1. The number of benzene rings is 2. The Bertz CT molecular complexity index is 643. The van der Waals surface area contributed by atoms with Gasteiger partial charge in [-0.05, 0) is 55.8 Å². The summed E-state index contributed by atoms with van der Waals surface area (Å²) >= 11 is 7.38. The maximum atomic E-state index is 12.3. The number of methoxy groups -OCH3 is 1. The van der Waals surface area contributed by atoms with Crippen molar-refractivity contribution >= 4 is 29.3 Å². The Balaban J connectivity index is 1.92. The van der Waals surface area contributed by atoms with E-state index in [4.69, 9.17) is 16.3 Å². The normalized spacial score (nSPS) is 13.2. The quantitative estimate of drug-likeness (QED) is 0.768. The Hall–Kier alpha value is -1.65. The van der Waals surface area contributed by atoms with Crippen molar-refractivity contribution in [3.63, 3.8) is 0 Å². The highest BCUT2D eigenvalue weighted by Crippen LogP contribution is 2.25. The first-order chi connectivity index (χ1) is 11.0. The Morgan fingerprint density at radius 1 is 1.09 bits per heavy atom. The number of amides is 1. The van der Waals surface area contributed by atoms with Crippen molar-refractivity contribution in [3.05, 3.63) is 59.1 Å². The molecule has 122 valence electrons. The van der Waals surface area contributed by atoms with Crippen LogP contribution in [0.25, 0.3) is 0 Å². The molecule has 0 heterocycles. The van der Waals surface area contributed by atoms with Crippen LogP contribution in [0, 0.1) is 0 Å². The number of halogens is 1. The molecule has 2 aromatic carbocycles. The van der Waals surface area contributed by atoms with E-state index in [2.05, 4.69) is 5.32 Å². The minimum Gasteiger partial charge on any atom is -0.497 e. The molecule has 2 atom stereocenters. The summed E-state index contributed by atoms with van der Waals surface area (Å²) in [5.41, 5.74) is 1.04. The molecule has 0 aliphatic heterocycles. The predicted molar refractivity (Wildman–Crippen MR) is 96.3 cm³/mol. The predicted octanol–water partition coefficient (Wildman–Crippen LogP) is 4.71. The average Bonchev–Trinajstić information content (AvgIpc) is 2.56. The van der Waals surface area contributed by atoms with Crippen LogP contribution in [0.4, 0.5) is 0 Å². The maximum Gasteiger partial charge on any atom is 0.233 e. The van der Waals surface area contributed by atoms with E-state index >= 15 is 0 Å². The van der Waals surface area contributed by atoms with Crippen LogP contribution in [0.5, 0.6) is 5.75 Å². The fourth-order valence-electron chi connectivity index (χ4n) is 2.08. The van der Waals surface area contributed by atoms with Gasteiger partial charge in [0, 0.05) is 9.92 Å². The molecule has 0 unspecified atom stereocenters. The van der Waals surface area contributed by atoms with Gasteiger partial charge in [0.1, 0.15) is 5.75 Å².